The van der Waals surface area contributed by atoms with Crippen molar-refractivity contribution in [1.29, 1.82) is 0 Å². The Morgan fingerprint density at radius 1 is 1.29 bits per heavy atom. The van der Waals surface area contributed by atoms with Crippen LogP contribution in [0.2, 0.25) is 0 Å². The number of fused-ring (bicyclic) bond motifs is 1. The van der Waals surface area contributed by atoms with Crippen molar-refractivity contribution in [2.45, 2.75) is 20.4 Å². The van der Waals surface area contributed by atoms with Crippen molar-refractivity contribution in [1.82, 2.24) is 15.0 Å². The quantitative estimate of drug-likeness (QED) is 0.507. The Hall–Kier alpha value is -2.25. The molecule has 21 heavy (non-hydrogen) atoms. The number of nitrogens with two attached hydrogens (primary N) is 1. The molecule has 0 radical (unpaired) electrons. The fourth-order valence-corrected chi connectivity index (χ4v) is 2.99. The number of hydrazine groups is 1. The number of pyridine rings is 1. The molecule has 0 spiro atoms. The van der Waals surface area contributed by atoms with E-state index in [0.717, 1.165) is 27.3 Å². The lowest BCUT2D eigenvalue weighted by Gasteiger charge is -2.09. The highest BCUT2D eigenvalue weighted by molar-refractivity contribution is 7.18. The average molecular weight is 300 g/mol. The van der Waals surface area contributed by atoms with Gasteiger partial charge in [0.2, 0.25) is 5.95 Å². The van der Waals surface area contributed by atoms with Crippen LogP contribution in [0.25, 0.3) is 10.2 Å². The predicted molar refractivity (Wildman–Crippen MR) is 86.3 cm³/mol. The lowest BCUT2D eigenvalue weighted by molar-refractivity contribution is 1.00. The molecule has 7 heteroatoms. The largest absolute Gasteiger partial charge is 0.364 e. The third-order valence-electron chi connectivity index (χ3n) is 3.19. The van der Waals surface area contributed by atoms with Gasteiger partial charge >= 0.3 is 0 Å². The van der Waals surface area contributed by atoms with Crippen LogP contribution in [0.4, 0.5) is 11.8 Å². The fraction of sp³-hybridized carbons (Fsp3) is 0.214. The number of anilines is 2. The van der Waals surface area contributed by atoms with E-state index in [1.54, 1.807) is 17.5 Å². The van der Waals surface area contributed by atoms with E-state index in [1.165, 1.54) is 4.88 Å². The van der Waals surface area contributed by atoms with Crippen molar-refractivity contribution in [2.24, 2.45) is 5.84 Å². The molecule has 0 atom stereocenters. The molecule has 0 unspecified atom stereocenters. The van der Waals surface area contributed by atoms with Gasteiger partial charge in [-0.25, -0.2) is 10.8 Å². The second-order valence-corrected chi connectivity index (χ2v) is 5.97. The van der Waals surface area contributed by atoms with E-state index in [-0.39, 0.29) is 0 Å². The Labute approximate surface area is 126 Å². The first-order valence-corrected chi connectivity index (χ1v) is 7.38. The van der Waals surface area contributed by atoms with Crippen LogP contribution in [-0.4, -0.2) is 15.0 Å². The number of aromatic nitrogens is 3. The van der Waals surface area contributed by atoms with Gasteiger partial charge in [-0.15, -0.1) is 11.3 Å². The summed E-state index contributed by atoms with van der Waals surface area (Å²) >= 11 is 1.62. The van der Waals surface area contributed by atoms with Crippen LogP contribution in [0.1, 0.15) is 16.1 Å². The number of nitrogens with one attached hydrogen (secondary N) is 2. The second kappa shape index (κ2) is 5.63. The van der Waals surface area contributed by atoms with Crippen LogP contribution >= 0.6 is 11.3 Å². The zero-order valence-corrected chi connectivity index (χ0v) is 12.7. The molecule has 0 fully saturated rings. The summed E-state index contributed by atoms with van der Waals surface area (Å²) in [6.45, 7) is 4.70. The standard InChI is InChI=1S/C14H16N6S/c1-8-4-3-5-16-11(8)7-17-12-10-6-9(2)21-13(10)19-14(18-12)20-15/h3-6H,7,15H2,1-2H3,(H2,17,18,19,20). The molecule has 0 saturated heterocycles. The molecule has 0 saturated carbocycles. The molecule has 3 rings (SSSR count). The van der Waals surface area contributed by atoms with Crippen molar-refractivity contribution in [2.75, 3.05) is 10.7 Å². The highest BCUT2D eigenvalue weighted by Gasteiger charge is 2.10. The molecule has 4 N–H and O–H groups in total. The zero-order chi connectivity index (χ0) is 14.8. The maximum absolute atomic E-state index is 5.44. The van der Waals surface area contributed by atoms with E-state index in [0.29, 0.717) is 12.5 Å². The van der Waals surface area contributed by atoms with Gasteiger partial charge < -0.3 is 5.32 Å². The number of aryl methyl sites for hydroxylation is 2. The van der Waals surface area contributed by atoms with E-state index >= 15 is 0 Å². The van der Waals surface area contributed by atoms with Crippen LogP contribution in [0.3, 0.4) is 0 Å². The Bertz CT molecular complexity index is 782. The summed E-state index contributed by atoms with van der Waals surface area (Å²) in [5.74, 6) is 6.61. The van der Waals surface area contributed by atoms with Crippen molar-refractivity contribution in [3.8, 4) is 0 Å². The minimum atomic E-state index is 0.407. The molecule has 3 heterocycles. The van der Waals surface area contributed by atoms with Crippen molar-refractivity contribution in [3.05, 3.63) is 40.5 Å². The minimum Gasteiger partial charge on any atom is -0.364 e. The Morgan fingerprint density at radius 2 is 2.14 bits per heavy atom. The van der Waals surface area contributed by atoms with Gasteiger partial charge in [0, 0.05) is 11.1 Å². The smallest absolute Gasteiger partial charge is 0.240 e. The number of thiophene rings is 1. The average Bonchev–Trinajstić information content (AvgIpc) is 2.86. The van der Waals surface area contributed by atoms with Gasteiger partial charge in [0.1, 0.15) is 10.6 Å². The highest BCUT2D eigenvalue weighted by Crippen LogP contribution is 2.29. The number of hydrogen-bond acceptors (Lipinski definition) is 7. The van der Waals surface area contributed by atoms with Gasteiger partial charge in [-0.3, -0.25) is 10.4 Å². The van der Waals surface area contributed by atoms with Crippen LogP contribution in [0.5, 0.6) is 0 Å². The summed E-state index contributed by atoms with van der Waals surface area (Å²) in [6.07, 6.45) is 1.79. The van der Waals surface area contributed by atoms with Crippen LogP contribution in [0.15, 0.2) is 24.4 Å². The molecule has 3 aromatic rings. The first kappa shape index (κ1) is 13.7. The number of nitrogens with zero attached hydrogens (tertiary/aromatic N) is 3. The summed E-state index contributed by atoms with van der Waals surface area (Å²) in [6, 6.07) is 6.05. The predicted octanol–water partition coefficient (Wildman–Crippen LogP) is 2.60. The number of rotatable bonds is 4. The minimum absolute atomic E-state index is 0.407. The molecule has 6 nitrogen and oxygen atoms in total. The Kier molecular flexibility index (Phi) is 3.68. The van der Waals surface area contributed by atoms with Gasteiger partial charge in [0.25, 0.3) is 0 Å². The van der Waals surface area contributed by atoms with E-state index in [1.807, 2.05) is 19.1 Å². The van der Waals surface area contributed by atoms with Crippen molar-refractivity contribution in [3.63, 3.8) is 0 Å². The van der Waals surface area contributed by atoms with Gasteiger partial charge in [0.05, 0.1) is 17.6 Å². The van der Waals surface area contributed by atoms with Crippen LogP contribution in [-0.2, 0) is 6.54 Å². The molecular weight excluding hydrogens is 284 g/mol. The maximum Gasteiger partial charge on any atom is 0.240 e. The molecule has 0 aliphatic heterocycles. The van der Waals surface area contributed by atoms with E-state index in [2.05, 4.69) is 38.7 Å². The lowest BCUT2D eigenvalue weighted by Crippen LogP contribution is -2.12. The summed E-state index contributed by atoms with van der Waals surface area (Å²) < 4.78 is 0. The first-order valence-electron chi connectivity index (χ1n) is 6.56. The van der Waals surface area contributed by atoms with E-state index < -0.39 is 0 Å². The summed E-state index contributed by atoms with van der Waals surface area (Å²) in [7, 11) is 0. The topological polar surface area (TPSA) is 88.8 Å². The molecule has 0 amide bonds. The lowest BCUT2D eigenvalue weighted by atomic mass is 10.2. The number of nitrogen functional groups attached to an aromatic ring is 1. The van der Waals surface area contributed by atoms with Crippen molar-refractivity contribution < 1.29 is 0 Å². The van der Waals surface area contributed by atoms with E-state index in [9.17, 15) is 0 Å². The van der Waals surface area contributed by atoms with E-state index in [4.69, 9.17) is 5.84 Å². The zero-order valence-electron chi connectivity index (χ0n) is 11.8. The Morgan fingerprint density at radius 3 is 2.90 bits per heavy atom. The molecule has 0 aliphatic carbocycles. The number of hydrogen-bond donors (Lipinski definition) is 3. The van der Waals surface area contributed by atoms with Gasteiger partial charge in [-0.1, -0.05) is 6.07 Å². The van der Waals surface area contributed by atoms with Crippen LogP contribution in [0, 0.1) is 13.8 Å². The van der Waals surface area contributed by atoms with Gasteiger partial charge in [-0.05, 0) is 31.5 Å². The summed E-state index contributed by atoms with van der Waals surface area (Å²) in [4.78, 5) is 15.2. The third kappa shape index (κ3) is 2.79. The van der Waals surface area contributed by atoms with Crippen molar-refractivity contribution >= 4 is 33.3 Å². The van der Waals surface area contributed by atoms with Crippen LogP contribution < -0.4 is 16.6 Å². The Balaban J connectivity index is 1.94. The molecule has 0 aromatic carbocycles. The highest BCUT2D eigenvalue weighted by atomic mass is 32.1. The first-order chi connectivity index (χ1) is 10.2. The maximum atomic E-state index is 5.44. The summed E-state index contributed by atoms with van der Waals surface area (Å²) in [5.41, 5.74) is 4.65. The van der Waals surface area contributed by atoms with Gasteiger partial charge in [0.15, 0.2) is 0 Å². The molecule has 108 valence electrons. The third-order valence-corrected chi connectivity index (χ3v) is 4.13. The molecule has 0 bridgehead atoms. The summed E-state index contributed by atoms with van der Waals surface area (Å²) in [5, 5.41) is 4.34. The SMILES string of the molecule is Cc1cc2c(NCc3ncccc3C)nc(NN)nc2s1. The molecule has 3 aromatic heterocycles. The van der Waals surface area contributed by atoms with Gasteiger partial charge in [-0.2, -0.15) is 4.98 Å². The molecular formula is C14H16N6S. The fourth-order valence-electron chi connectivity index (χ4n) is 2.11. The molecule has 0 aliphatic rings. The normalized spacial score (nSPS) is 10.8. The second-order valence-electron chi connectivity index (χ2n) is 4.74. The monoisotopic (exact) mass is 300 g/mol.